The second kappa shape index (κ2) is 6.20. The molecule has 17 heavy (non-hydrogen) atoms. The number of pyridine rings is 1. The van der Waals surface area contributed by atoms with Crippen LogP contribution in [0.5, 0.6) is 5.88 Å². The van der Waals surface area contributed by atoms with Crippen LogP contribution >= 0.6 is 0 Å². The van der Waals surface area contributed by atoms with E-state index in [1.54, 1.807) is 18.3 Å². The molecule has 1 amide bonds. The van der Waals surface area contributed by atoms with Gasteiger partial charge in [0.2, 0.25) is 11.8 Å². The van der Waals surface area contributed by atoms with E-state index < -0.39 is 6.04 Å². The van der Waals surface area contributed by atoms with Crippen molar-refractivity contribution in [2.75, 3.05) is 12.4 Å². The maximum atomic E-state index is 11.9. The third-order valence-electron chi connectivity index (χ3n) is 2.78. The van der Waals surface area contributed by atoms with Crippen LogP contribution in [-0.2, 0) is 4.79 Å². The number of nitrogens with one attached hydrogen (secondary N) is 1. The molecular formula is C12H19N3O2. The van der Waals surface area contributed by atoms with Crippen LogP contribution < -0.4 is 15.8 Å². The molecule has 1 aromatic heterocycles. The van der Waals surface area contributed by atoms with Crippen LogP contribution in [0.25, 0.3) is 0 Å². The zero-order valence-corrected chi connectivity index (χ0v) is 10.4. The Morgan fingerprint density at radius 2 is 2.35 bits per heavy atom. The summed E-state index contributed by atoms with van der Waals surface area (Å²) in [4.78, 5) is 15.9. The Balaban J connectivity index is 2.74. The van der Waals surface area contributed by atoms with E-state index in [-0.39, 0.29) is 11.8 Å². The Morgan fingerprint density at radius 1 is 1.65 bits per heavy atom. The minimum absolute atomic E-state index is 0.137. The summed E-state index contributed by atoms with van der Waals surface area (Å²) < 4.78 is 5.05. The van der Waals surface area contributed by atoms with Gasteiger partial charge in [0.15, 0.2) is 0 Å². The molecule has 2 atom stereocenters. The number of ether oxygens (including phenoxy) is 1. The van der Waals surface area contributed by atoms with E-state index in [1.807, 2.05) is 13.8 Å². The zero-order valence-electron chi connectivity index (χ0n) is 10.4. The number of carbonyl (C=O) groups excluding carboxylic acids is 1. The van der Waals surface area contributed by atoms with Gasteiger partial charge in [-0.3, -0.25) is 4.79 Å². The minimum atomic E-state index is -0.523. The van der Waals surface area contributed by atoms with Crippen molar-refractivity contribution in [2.24, 2.45) is 11.7 Å². The van der Waals surface area contributed by atoms with Gasteiger partial charge in [0.05, 0.1) is 13.2 Å². The van der Waals surface area contributed by atoms with Gasteiger partial charge >= 0.3 is 0 Å². The topological polar surface area (TPSA) is 77.2 Å². The van der Waals surface area contributed by atoms with Crippen molar-refractivity contribution in [3.05, 3.63) is 18.3 Å². The van der Waals surface area contributed by atoms with Crippen LogP contribution in [0.4, 0.5) is 5.69 Å². The quantitative estimate of drug-likeness (QED) is 0.811. The van der Waals surface area contributed by atoms with Gasteiger partial charge < -0.3 is 15.8 Å². The summed E-state index contributed by atoms with van der Waals surface area (Å²) in [5.41, 5.74) is 6.38. The number of hydrogen-bond donors (Lipinski definition) is 2. The maximum Gasteiger partial charge on any atom is 0.241 e. The predicted molar refractivity (Wildman–Crippen MR) is 66.8 cm³/mol. The van der Waals surface area contributed by atoms with E-state index >= 15 is 0 Å². The number of nitrogens with two attached hydrogens (primary N) is 1. The van der Waals surface area contributed by atoms with E-state index in [9.17, 15) is 4.79 Å². The first kappa shape index (κ1) is 13.4. The molecule has 0 saturated heterocycles. The van der Waals surface area contributed by atoms with E-state index in [4.69, 9.17) is 10.5 Å². The van der Waals surface area contributed by atoms with Crippen LogP contribution in [0, 0.1) is 5.92 Å². The smallest absolute Gasteiger partial charge is 0.241 e. The van der Waals surface area contributed by atoms with Crippen molar-refractivity contribution < 1.29 is 9.53 Å². The number of methoxy groups -OCH3 is 1. The highest BCUT2D eigenvalue weighted by molar-refractivity contribution is 5.95. The van der Waals surface area contributed by atoms with Crippen molar-refractivity contribution in [2.45, 2.75) is 26.3 Å². The summed E-state index contributed by atoms with van der Waals surface area (Å²) >= 11 is 0. The molecule has 0 bridgehead atoms. The SMILES string of the molecule is CCC(C)[C@H](N)C(=O)Nc1cccnc1OC. The molecule has 0 aromatic carbocycles. The van der Waals surface area contributed by atoms with Gasteiger partial charge in [0.1, 0.15) is 5.69 Å². The first-order valence-electron chi connectivity index (χ1n) is 5.65. The lowest BCUT2D eigenvalue weighted by molar-refractivity contribution is -0.118. The average molecular weight is 237 g/mol. The van der Waals surface area contributed by atoms with Crippen LogP contribution in [-0.4, -0.2) is 24.0 Å². The molecule has 0 aliphatic rings. The predicted octanol–water partition coefficient (Wildman–Crippen LogP) is 1.40. The fourth-order valence-electron chi connectivity index (χ4n) is 1.38. The zero-order chi connectivity index (χ0) is 12.8. The molecule has 5 heteroatoms. The normalized spacial score (nSPS) is 13.9. The highest BCUT2D eigenvalue weighted by Gasteiger charge is 2.20. The third kappa shape index (κ3) is 3.42. The number of anilines is 1. The van der Waals surface area contributed by atoms with Gasteiger partial charge in [-0.2, -0.15) is 0 Å². The minimum Gasteiger partial charge on any atom is -0.480 e. The Hall–Kier alpha value is -1.62. The Kier molecular flexibility index (Phi) is 4.90. The molecule has 94 valence electrons. The summed E-state index contributed by atoms with van der Waals surface area (Å²) in [5.74, 6) is 0.306. The van der Waals surface area contributed by atoms with Crippen LogP contribution in [0.2, 0.25) is 0 Å². The molecule has 0 radical (unpaired) electrons. The molecule has 0 spiro atoms. The van der Waals surface area contributed by atoms with Crippen molar-refractivity contribution >= 4 is 11.6 Å². The molecule has 0 saturated carbocycles. The molecule has 1 unspecified atom stereocenters. The van der Waals surface area contributed by atoms with Crippen molar-refractivity contribution in [3.8, 4) is 5.88 Å². The van der Waals surface area contributed by atoms with E-state index in [0.29, 0.717) is 11.6 Å². The fraction of sp³-hybridized carbons (Fsp3) is 0.500. The van der Waals surface area contributed by atoms with Gasteiger partial charge in [-0.1, -0.05) is 20.3 Å². The van der Waals surface area contributed by atoms with E-state index in [0.717, 1.165) is 6.42 Å². The molecule has 3 N–H and O–H groups in total. The highest BCUT2D eigenvalue weighted by Crippen LogP contribution is 2.20. The molecule has 5 nitrogen and oxygen atoms in total. The third-order valence-corrected chi connectivity index (χ3v) is 2.78. The molecular weight excluding hydrogens is 218 g/mol. The lowest BCUT2D eigenvalue weighted by Crippen LogP contribution is -2.40. The van der Waals surface area contributed by atoms with Crippen LogP contribution in [0.15, 0.2) is 18.3 Å². The molecule has 1 aromatic rings. The van der Waals surface area contributed by atoms with Crippen molar-refractivity contribution in [1.82, 2.24) is 4.98 Å². The largest absolute Gasteiger partial charge is 0.480 e. The summed E-state index contributed by atoms with van der Waals surface area (Å²) in [6, 6.07) is 2.94. The van der Waals surface area contributed by atoms with Gasteiger partial charge in [0.25, 0.3) is 0 Å². The second-order valence-electron chi connectivity index (χ2n) is 3.96. The summed E-state index contributed by atoms with van der Waals surface area (Å²) in [5, 5.41) is 2.72. The number of amides is 1. The average Bonchev–Trinajstić information content (AvgIpc) is 2.37. The number of aromatic nitrogens is 1. The van der Waals surface area contributed by atoms with Crippen molar-refractivity contribution in [3.63, 3.8) is 0 Å². The van der Waals surface area contributed by atoms with Crippen molar-refractivity contribution in [1.29, 1.82) is 0 Å². The molecule has 0 aliphatic heterocycles. The summed E-state index contributed by atoms with van der Waals surface area (Å²) in [6.45, 7) is 3.95. The molecule has 0 aliphatic carbocycles. The van der Waals surface area contributed by atoms with E-state index in [2.05, 4.69) is 10.3 Å². The number of rotatable bonds is 5. The lowest BCUT2D eigenvalue weighted by Gasteiger charge is -2.18. The standard InChI is InChI=1S/C12H19N3O2/c1-4-8(2)10(13)11(16)15-9-6-5-7-14-12(9)17-3/h5-8,10H,4,13H2,1-3H3,(H,15,16)/t8?,10-/m0/s1. The Bertz CT molecular complexity index is 382. The first-order valence-corrected chi connectivity index (χ1v) is 5.65. The van der Waals surface area contributed by atoms with Gasteiger partial charge in [-0.15, -0.1) is 0 Å². The summed E-state index contributed by atoms with van der Waals surface area (Å²) in [7, 11) is 1.51. The second-order valence-corrected chi connectivity index (χ2v) is 3.96. The maximum absolute atomic E-state index is 11.9. The van der Waals surface area contributed by atoms with Gasteiger partial charge in [-0.25, -0.2) is 4.98 Å². The molecule has 1 heterocycles. The lowest BCUT2D eigenvalue weighted by atomic mass is 9.99. The summed E-state index contributed by atoms with van der Waals surface area (Å²) in [6.07, 6.45) is 2.46. The van der Waals surface area contributed by atoms with Crippen LogP contribution in [0.1, 0.15) is 20.3 Å². The van der Waals surface area contributed by atoms with Crippen LogP contribution in [0.3, 0.4) is 0 Å². The Labute approximate surface area is 101 Å². The molecule has 1 rings (SSSR count). The monoisotopic (exact) mass is 237 g/mol. The van der Waals surface area contributed by atoms with Gasteiger partial charge in [0, 0.05) is 6.20 Å². The number of hydrogen-bond acceptors (Lipinski definition) is 4. The molecule has 0 fully saturated rings. The first-order chi connectivity index (χ1) is 8.10. The number of nitrogens with zero attached hydrogens (tertiary/aromatic N) is 1. The van der Waals surface area contributed by atoms with E-state index in [1.165, 1.54) is 7.11 Å². The van der Waals surface area contributed by atoms with Gasteiger partial charge in [-0.05, 0) is 18.1 Å². The fourth-order valence-corrected chi connectivity index (χ4v) is 1.38. The number of carbonyl (C=O) groups is 1. The Morgan fingerprint density at radius 3 is 2.94 bits per heavy atom. The highest BCUT2D eigenvalue weighted by atomic mass is 16.5.